The van der Waals surface area contributed by atoms with Crippen LogP contribution in [0.25, 0.3) is 0 Å². The zero-order valence-corrected chi connectivity index (χ0v) is 17.1. The van der Waals surface area contributed by atoms with Crippen LogP contribution in [0.15, 0.2) is 24.3 Å². The zero-order valence-electron chi connectivity index (χ0n) is 17.1. The summed E-state index contributed by atoms with van der Waals surface area (Å²) in [6.45, 7) is 3.93. The normalized spacial score (nSPS) is 28.1. The van der Waals surface area contributed by atoms with Crippen LogP contribution < -0.4 is 0 Å². The molecule has 0 aromatic carbocycles. The minimum Gasteiger partial charge on any atom is -0.469 e. The van der Waals surface area contributed by atoms with E-state index in [-0.39, 0.29) is 17.8 Å². The first-order valence-corrected chi connectivity index (χ1v) is 10.3. The van der Waals surface area contributed by atoms with Crippen molar-refractivity contribution in [1.82, 2.24) is 0 Å². The number of ether oxygens (including phenoxy) is 1. The van der Waals surface area contributed by atoms with Gasteiger partial charge in [-0.15, -0.1) is 0 Å². The highest BCUT2D eigenvalue weighted by molar-refractivity contribution is 5.69. The van der Waals surface area contributed by atoms with Crippen molar-refractivity contribution in [2.75, 3.05) is 7.11 Å². The summed E-state index contributed by atoms with van der Waals surface area (Å²) in [5.41, 5.74) is -0.878. The molecule has 1 saturated carbocycles. The average Bonchev–Trinajstić information content (AvgIpc) is 2.89. The number of aliphatic hydroxyl groups excluding tert-OH is 2. The van der Waals surface area contributed by atoms with Gasteiger partial charge in [0.2, 0.25) is 0 Å². The van der Waals surface area contributed by atoms with Crippen molar-refractivity contribution in [3.05, 3.63) is 24.3 Å². The Morgan fingerprint density at radius 1 is 1.19 bits per heavy atom. The third-order valence-corrected chi connectivity index (χ3v) is 5.43. The van der Waals surface area contributed by atoms with Gasteiger partial charge in [-0.1, -0.05) is 50.5 Å². The zero-order chi connectivity index (χ0) is 20.3. The summed E-state index contributed by atoms with van der Waals surface area (Å²) in [4.78, 5) is 11.1. The molecule has 1 aliphatic rings. The van der Waals surface area contributed by atoms with Gasteiger partial charge in [0.05, 0.1) is 24.9 Å². The van der Waals surface area contributed by atoms with Crippen LogP contribution in [0.2, 0.25) is 0 Å². The maximum absolute atomic E-state index is 11.1. The lowest BCUT2D eigenvalue weighted by atomic mass is 9.88. The van der Waals surface area contributed by atoms with Crippen molar-refractivity contribution < 1.29 is 24.9 Å². The van der Waals surface area contributed by atoms with Gasteiger partial charge in [0.25, 0.3) is 0 Å². The average molecular weight is 383 g/mol. The molecule has 0 aromatic heterocycles. The van der Waals surface area contributed by atoms with Crippen LogP contribution in [-0.4, -0.2) is 46.2 Å². The predicted molar refractivity (Wildman–Crippen MR) is 107 cm³/mol. The third kappa shape index (κ3) is 9.04. The van der Waals surface area contributed by atoms with E-state index in [0.717, 1.165) is 32.1 Å². The molecule has 5 atom stereocenters. The summed E-state index contributed by atoms with van der Waals surface area (Å²) in [6, 6.07) is 0. The Morgan fingerprint density at radius 2 is 1.93 bits per heavy atom. The maximum atomic E-state index is 11.1. The molecule has 0 radical (unpaired) electrons. The first-order chi connectivity index (χ1) is 12.8. The largest absolute Gasteiger partial charge is 0.469 e. The minimum atomic E-state index is -0.878. The number of carbonyl (C=O) groups excluding carboxylic acids is 1. The van der Waals surface area contributed by atoms with Gasteiger partial charge in [0.1, 0.15) is 0 Å². The fourth-order valence-corrected chi connectivity index (χ4v) is 3.68. The second-order valence-electron chi connectivity index (χ2n) is 7.96. The van der Waals surface area contributed by atoms with Crippen LogP contribution in [0.3, 0.4) is 0 Å². The highest BCUT2D eigenvalue weighted by atomic mass is 16.5. The number of carbonyl (C=O) groups is 1. The number of esters is 1. The van der Waals surface area contributed by atoms with Gasteiger partial charge >= 0.3 is 5.97 Å². The standard InChI is InChI=1S/C22H38O5/c1-4-5-10-14-22(2,26)15-13-18-17(19(23)16-20(18)24)11-8-6-7-9-12-21(25)27-3/h6,8,13,15,17-20,23-24,26H,4-5,7,9-12,14,16H2,1-3H3/b8-6-,15-13+/t17-,18-,19+,20+,22-/m0/s1. The molecule has 27 heavy (non-hydrogen) atoms. The number of hydrogen-bond acceptors (Lipinski definition) is 5. The highest BCUT2D eigenvalue weighted by Crippen LogP contribution is 2.37. The van der Waals surface area contributed by atoms with Crippen LogP contribution >= 0.6 is 0 Å². The fraction of sp³-hybridized carbons (Fsp3) is 0.773. The Bertz CT molecular complexity index is 483. The molecule has 3 N–H and O–H groups in total. The smallest absolute Gasteiger partial charge is 0.305 e. The highest BCUT2D eigenvalue weighted by Gasteiger charge is 2.39. The number of unbranched alkanes of at least 4 members (excludes halogenated alkanes) is 3. The lowest BCUT2D eigenvalue weighted by Crippen LogP contribution is -2.24. The lowest BCUT2D eigenvalue weighted by molar-refractivity contribution is -0.140. The Balaban J connectivity index is 2.54. The second-order valence-corrected chi connectivity index (χ2v) is 7.96. The number of rotatable bonds is 12. The number of hydrogen-bond donors (Lipinski definition) is 3. The molecule has 0 aliphatic heterocycles. The number of methoxy groups -OCH3 is 1. The number of allylic oxidation sites excluding steroid dienone is 2. The molecule has 1 rings (SSSR count). The van der Waals surface area contributed by atoms with Gasteiger partial charge in [-0.2, -0.15) is 0 Å². The summed E-state index contributed by atoms with van der Waals surface area (Å²) < 4.78 is 4.61. The second kappa shape index (κ2) is 12.3. The van der Waals surface area contributed by atoms with Gasteiger partial charge in [-0.25, -0.2) is 0 Å². The monoisotopic (exact) mass is 382 g/mol. The Kier molecular flexibility index (Phi) is 10.9. The summed E-state index contributed by atoms with van der Waals surface area (Å²) in [5, 5.41) is 31.1. The number of aliphatic hydroxyl groups is 3. The molecule has 0 bridgehead atoms. The van der Waals surface area contributed by atoms with E-state index in [2.05, 4.69) is 11.7 Å². The van der Waals surface area contributed by atoms with Gasteiger partial charge in [0.15, 0.2) is 0 Å². The van der Waals surface area contributed by atoms with Crippen molar-refractivity contribution in [1.29, 1.82) is 0 Å². The molecule has 5 nitrogen and oxygen atoms in total. The first-order valence-electron chi connectivity index (χ1n) is 10.3. The third-order valence-electron chi connectivity index (χ3n) is 5.43. The van der Waals surface area contributed by atoms with Crippen LogP contribution in [0.1, 0.15) is 71.6 Å². The molecule has 0 amide bonds. The van der Waals surface area contributed by atoms with Crippen LogP contribution in [-0.2, 0) is 9.53 Å². The van der Waals surface area contributed by atoms with E-state index in [1.165, 1.54) is 7.11 Å². The molecular formula is C22H38O5. The summed E-state index contributed by atoms with van der Waals surface area (Å²) in [6.07, 6.45) is 13.4. The van der Waals surface area contributed by atoms with E-state index in [9.17, 15) is 20.1 Å². The Labute approximate surface area is 164 Å². The molecule has 0 unspecified atom stereocenters. The molecule has 1 fully saturated rings. The van der Waals surface area contributed by atoms with Crippen LogP contribution in [0.4, 0.5) is 0 Å². The van der Waals surface area contributed by atoms with E-state index in [0.29, 0.717) is 25.7 Å². The van der Waals surface area contributed by atoms with Crippen molar-refractivity contribution in [3.63, 3.8) is 0 Å². The van der Waals surface area contributed by atoms with E-state index in [1.54, 1.807) is 13.0 Å². The van der Waals surface area contributed by atoms with E-state index >= 15 is 0 Å². The van der Waals surface area contributed by atoms with E-state index < -0.39 is 17.8 Å². The molecule has 156 valence electrons. The van der Waals surface area contributed by atoms with Crippen LogP contribution in [0, 0.1) is 11.8 Å². The van der Waals surface area contributed by atoms with Gasteiger partial charge in [-0.3, -0.25) is 4.79 Å². The minimum absolute atomic E-state index is 0.0560. The van der Waals surface area contributed by atoms with E-state index in [1.807, 2.05) is 18.2 Å². The van der Waals surface area contributed by atoms with Crippen molar-refractivity contribution in [2.24, 2.45) is 11.8 Å². The fourth-order valence-electron chi connectivity index (χ4n) is 3.68. The Morgan fingerprint density at radius 3 is 2.59 bits per heavy atom. The quantitative estimate of drug-likeness (QED) is 0.273. The lowest BCUT2D eigenvalue weighted by Gasteiger charge is -2.23. The van der Waals surface area contributed by atoms with Crippen LogP contribution in [0.5, 0.6) is 0 Å². The molecule has 5 heteroatoms. The van der Waals surface area contributed by atoms with Crippen molar-refractivity contribution in [2.45, 2.75) is 89.4 Å². The van der Waals surface area contributed by atoms with Gasteiger partial charge < -0.3 is 20.1 Å². The van der Waals surface area contributed by atoms with Crippen molar-refractivity contribution >= 4 is 5.97 Å². The molecule has 0 aromatic rings. The topological polar surface area (TPSA) is 87.0 Å². The molecule has 0 saturated heterocycles. The predicted octanol–water partition coefficient (Wildman–Crippen LogP) is 3.52. The first kappa shape index (κ1) is 23.9. The molecular weight excluding hydrogens is 344 g/mol. The van der Waals surface area contributed by atoms with Crippen molar-refractivity contribution in [3.8, 4) is 0 Å². The van der Waals surface area contributed by atoms with E-state index in [4.69, 9.17) is 0 Å². The maximum Gasteiger partial charge on any atom is 0.305 e. The summed E-state index contributed by atoms with van der Waals surface area (Å²) in [5.74, 6) is -0.411. The Hall–Kier alpha value is -1.17. The molecule has 0 spiro atoms. The summed E-state index contributed by atoms with van der Waals surface area (Å²) >= 11 is 0. The van der Waals surface area contributed by atoms with Gasteiger partial charge in [0, 0.05) is 18.8 Å². The SMILES string of the molecule is CCCCC[C@](C)(O)/C=C/[C@H]1[C@H](C/C=C\CCCC(=O)OC)[C@H](O)C[C@H]1O. The molecule has 0 heterocycles. The summed E-state index contributed by atoms with van der Waals surface area (Å²) in [7, 11) is 1.39. The molecule has 1 aliphatic carbocycles. The van der Waals surface area contributed by atoms with Gasteiger partial charge in [-0.05, 0) is 38.5 Å².